The molecule has 13 heavy (non-hydrogen) atoms. The van der Waals surface area contributed by atoms with Crippen LogP contribution in [0.2, 0.25) is 0 Å². The smallest absolute Gasteiger partial charge is 0.404 e. The molecule has 0 aromatic rings. The summed E-state index contributed by atoms with van der Waals surface area (Å²) in [6.07, 6.45) is -0.653. The average Bonchev–Trinajstić information content (AvgIpc) is 2.03. The fourth-order valence-electron chi connectivity index (χ4n) is 0.189. The number of carbonyl (C=O) groups is 2. The predicted molar refractivity (Wildman–Crippen MR) is 43.7 cm³/mol. The number of halogens is 1. The molecule has 0 aliphatic rings. The van der Waals surface area contributed by atoms with Gasteiger partial charge >= 0.3 is 12.1 Å². The van der Waals surface area contributed by atoms with Crippen LogP contribution in [-0.2, 0) is 9.53 Å². The van der Waals surface area contributed by atoms with E-state index in [0.717, 1.165) is 0 Å². The molecule has 0 radical (unpaired) electrons. The molecule has 76 valence electrons. The molecule has 0 fully saturated rings. The van der Waals surface area contributed by atoms with E-state index in [1.54, 1.807) is 6.92 Å². The molecule has 0 saturated carbocycles. The zero-order valence-corrected chi connectivity index (χ0v) is 7.41. The Labute approximate surface area is 75.0 Å². The summed E-state index contributed by atoms with van der Waals surface area (Å²) < 4.78 is 15.3. The van der Waals surface area contributed by atoms with Crippen LogP contribution in [0.1, 0.15) is 13.8 Å². The van der Waals surface area contributed by atoms with Crippen LogP contribution in [0.15, 0.2) is 11.9 Å². The zero-order chi connectivity index (χ0) is 10.9. The average molecular weight is 193 g/mol. The number of hydrogen-bond donors (Lipinski definition) is 2. The second-order valence-corrected chi connectivity index (χ2v) is 1.85. The second-order valence-electron chi connectivity index (χ2n) is 1.85. The lowest BCUT2D eigenvalue weighted by molar-refractivity contribution is -0.132. The largest absolute Gasteiger partial charge is 0.478 e. The minimum Gasteiger partial charge on any atom is -0.478 e. The van der Waals surface area contributed by atoms with Gasteiger partial charge in [0.05, 0.1) is 18.5 Å². The van der Waals surface area contributed by atoms with Gasteiger partial charge in [-0.25, -0.2) is 14.0 Å². The SMILES string of the molecule is C/C(=C\F)C(=O)O.CCOC(N)=O. The minimum absolute atomic E-state index is 0.0579. The molecule has 0 spiro atoms. The van der Waals surface area contributed by atoms with Gasteiger partial charge in [0.1, 0.15) is 0 Å². The third-order valence-electron chi connectivity index (χ3n) is 0.788. The van der Waals surface area contributed by atoms with Crippen molar-refractivity contribution in [3.05, 3.63) is 11.9 Å². The van der Waals surface area contributed by atoms with Gasteiger partial charge in [0.15, 0.2) is 0 Å². The molecule has 0 unspecified atom stereocenters. The van der Waals surface area contributed by atoms with E-state index < -0.39 is 12.1 Å². The predicted octanol–water partition coefficient (Wildman–Crippen LogP) is 1.05. The third kappa shape index (κ3) is 13.4. The fourth-order valence-corrected chi connectivity index (χ4v) is 0.189. The molecule has 0 aromatic carbocycles. The Morgan fingerprint density at radius 3 is 2.08 bits per heavy atom. The topological polar surface area (TPSA) is 89.6 Å². The lowest BCUT2D eigenvalue weighted by Crippen LogP contribution is -2.11. The van der Waals surface area contributed by atoms with Crippen LogP contribution >= 0.6 is 0 Å². The number of carbonyl (C=O) groups excluding carboxylic acids is 1. The molecule has 0 rings (SSSR count). The normalized spacial score (nSPS) is 9.62. The Morgan fingerprint density at radius 2 is 2.08 bits per heavy atom. The van der Waals surface area contributed by atoms with Crippen LogP contribution in [0.4, 0.5) is 9.18 Å². The Bertz CT molecular complexity index is 203. The number of primary amides is 1. The Kier molecular flexibility index (Phi) is 9.14. The number of carboxylic acids is 1. The van der Waals surface area contributed by atoms with E-state index in [1.165, 1.54) is 6.92 Å². The molecule has 0 aliphatic carbocycles. The lowest BCUT2D eigenvalue weighted by Gasteiger charge is -1.89. The Balaban J connectivity index is 0. The van der Waals surface area contributed by atoms with Crippen molar-refractivity contribution in [2.45, 2.75) is 13.8 Å². The van der Waals surface area contributed by atoms with Gasteiger partial charge in [-0.05, 0) is 13.8 Å². The van der Waals surface area contributed by atoms with Crippen LogP contribution in [0.25, 0.3) is 0 Å². The maximum atomic E-state index is 11.1. The molecule has 0 bridgehead atoms. The summed E-state index contributed by atoms with van der Waals surface area (Å²) in [7, 11) is 0. The first kappa shape index (κ1) is 14.0. The van der Waals surface area contributed by atoms with E-state index in [1.807, 2.05) is 0 Å². The van der Waals surface area contributed by atoms with Crippen molar-refractivity contribution >= 4 is 12.1 Å². The number of rotatable bonds is 2. The highest BCUT2D eigenvalue weighted by molar-refractivity contribution is 5.85. The summed E-state index contributed by atoms with van der Waals surface area (Å²) >= 11 is 0. The van der Waals surface area contributed by atoms with Crippen molar-refractivity contribution < 1.29 is 23.8 Å². The van der Waals surface area contributed by atoms with Crippen molar-refractivity contribution in [1.82, 2.24) is 0 Å². The number of nitrogens with two attached hydrogens (primary N) is 1. The molecular weight excluding hydrogens is 181 g/mol. The molecule has 6 heteroatoms. The summed E-state index contributed by atoms with van der Waals surface area (Å²) in [5, 5.41) is 7.87. The second kappa shape index (κ2) is 8.51. The summed E-state index contributed by atoms with van der Waals surface area (Å²) in [5.74, 6) is -1.22. The Hall–Kier alpha value is -1.59. The van der Waals surface area contributed by atoms with Crippen LogP contribution in [0, 0.1) is 0 Å². The van der Waals surface area contributed by atoms with Gasteiger partial charge in [0, 0.05) is 0 Å². The zero-order valence-electron chi connectivity index (χ0n) is 7.41. The monoisotopic (exact) mass is 193 g/mol. The first-order chi connectivity index (χ1) is 5.95. The first-order valence-electron chi connectivity index (χ1n) is 3.38. The van der Waals surface area contributed by atoms with Gasteiger partial charge in [-0.2, -0.15) is 0 Å². The highest BCUT2D eigenvalue weighted by atomic mass is 19.1. The highest BCUT2D eigenvalue weighted by Gasteiger charge is 1.95. The maximum absolute atomic E-state index is 11.1. The van der Waals surface area contributed by atoms with Crippen LogP contribution in [0.3, 0.4) is 0 Å². The molecule has 0 saturated heterocycles. The molecule has 0 aliphatic heterocycles. The number of carboxylic acid groups (broad SMARTS) is 1. The fraction of sp³-hybridized carbons (Fsp3) is 0.429. The van der Waals surface area contributed by atoms with Gasteiger partial charge in [0.2, 0.25) is 0 Å². The van der Waals surface area contributed by atoms with Gasteiger partial charge < -0.3 is 15.6 Å². The number of ether oxygens (including phenoxy) is 1. The van der Waals surface area contributed by atoms with Gasteiger partial charge in [-0.15, -0.1) is 0 Å². The molecule has 5 nitrogen and oxygen atoms in total. The van der Waals surface area contributed by atoms with Crippen molar-refractivity contribution in [3.8, 4) is 0 Å². The molecular formula is C7H12FNO4. The Morgan fingerprint density at radius 1 is 1.62 bits per heavy atom. The number of amides is 1. The quantitative estimate of drug-likeness (QED) is 0.641. The van der Waals surface area contributed by atoms with E-state index in [9.17, 15) is 14.0 Å². The molecule has 3 N–H and O–H groups in total. The number of hydrogen-bond acceptors (Lipinski definition) is 3. The van der Waals surface area contributed by atoms with E-state index in [0.29, 0.717) is 6.61 Å². The molecule has 0 aromatic heterocycles. The van der Waals surface area contributed by atoms with Crippen LogP contribution in [-0.4, -0.2) is 23.8 Å². The summed E-state index contributed by atoms with van der Waals surface area (Å²) in [5.41, 5.74) is 4.26. The van der Waals surface area contributed by atoms with Crippen molar-refractivity contribution in [1.29, 1.82) is 0 Å². The number of aliphatic carboxylic acids is 1. The molecule has 0 heterocycles. The van der Waals surface area contributed by atoms with E-state index in [-0.39, 0.29) is 11.9 Å². The van der Waals surface area contributed by atoms with Crippen molar-refractivity contribution in [3.63, 3.8) is 0 Å². The van der Waals surface area contributed by atoms with E-state index in [4.69, 9.17) is 5.11 Å². The van der Waals surface area contributed by atoms with Gasteiger partial charge in [-0.1, -0.05) is 0 Å². The van der Waals surface area contributed by atoms with Crippen molar-refractivity contribution in [2.75, 3.05) is 6.61 Å². The maximum Gasteiger partial charge on any atom is 0.404 e. The van der Waals surface area contributed by atoms with Crippen molar-refractivity contribution in [2.24, 2.45) is 5.73 Å². The van der Waals surface area contributed by atoms with Crippen LogP contribution in [0.5, 0.6) is 0 Å². The summed E-state index contributed by atoms with van der Waals surface area (Å²) in [6, 6.07) is 0. The van der Waals surface area contributed by atoms with Gasteiger partial charge in [-0.3, -0.25) is 0 Å². The van der Waals surface area contributed by atoms with Gasteiger partial charge in [0.25, 0.3) is 0 Å². The lowest BCUT2D eigenvalue weighted by atomic mass is 10.4. The third-order valence-corrected chi connectivity index (χ3v) is 0.788. The van der Waals surface area contributed by atoms with Crippen LogP contribution < -0.4 is 5.73 Å². The standard InChI is InChI=1S/C4H5FO2.C3H7NO2/c1-3(2-5)4(6)7;1-2-6-3(4)5/h2H,1H3,(H,6,7);2H2,1H3,(H2,4,5)/b3-2+;. The summed E-state index contributed by atoms with van der Waals surface area (Å²) in [4.78, 5) is 19.2. The molecule has 1 amide bonds. The molecule has 0 atom stereocenters. The minimum atomic E-state index is -1.22. The highest BCUT2D eigenvalue weighted by Crippen LogP contribution is 1.89. The first-order valence-corrected chi connectivity index (χ1v) is 3.38. The summed E-state index contributed by atoms with van der Waals surface area (Å²) in [6.45, 7) is 3.24. The van der Waals surface area contributed by atoms with E-state index >= 15 is 0 Å². The van der Waals surface area contributed by atoms with E-state index in [2.05, 4.69) is 10.5 Å².